The minimum atomic E-state index is 0. The van der Waals surface area contributed by atoms with Crippen molar-refractivity contribution in [2.24, 2.45) is 11.8 Å². The average Bonchev–Trinajstić information content (AvgIpc) is 3.71. The fourth-order valence-corrected chi connectivity index (χ4v) is 7.16. The number of hydrogen-bond acceptors (Lipinski definition) is 0. The fourth-order valence-electron chi connectivity index (χ4n) is 7.16. The van der Waals surface area contributed by atoms with Gasteiger partial charge in [-0.2, -0.15) is 12.1 Å². The van der Waals surface area contributed by atoms with Crippen molar-refractivity contribution in [1.82, 2.24) is 0 Å². The molecule has 0 fully saturated rings. The topological polar surface area (TPSA) is 0 Å². The van der Waals surface area contributed by atoms with E-state index in [4.69, 9.17) is 0 Å². The van der Waals surface area contributed by atoms with Crippen LogP contribution in [0.15, 0.2) is 146 Å². The smallest absolute Gasteiger partial charge is 1.00 e. The summed E-state index contributed by atoms with van der Waals surface area (Å²) < 4.78 is 0. The van der Waals surface area contributed by atoms with Crippen molar-refractivity contribution in [3.05, 3.63) is 171 Å². The van der Waals surface area contributed by atoms with Crippen molar-refractivity contribution < 1.29 is 46.5 Å². The summed E-state index contributed by atoms with van der Waals surface area (Å²) in [6.07, 6.45) is 3.04. The van der Waals surface area contributed by atoms with Crippen molar-refractivity contribution in [3.8, 4) is 22.3 Å². The minimum Gasteiger partial charge on any atom is -1.00 e. The molecule has 0 atom stereocenters. The molecule has 0 aliphatic rings. The van der Waals surface area contributed by atoms with Gasteiger partial charge in [-0.1, -0.05) is 136 Å². The van der Waals surface area contributed by atoms with Crippen molar-refractivity contribution in [1.29, 1.82) is 0 Å². The zero-order valence-electron chi connectivity index (χ0n) is 30.8. The number of hydrogen-bond donors (Lipinski definition) is 0. The molecular weight excluding hydrogens is 707 g/mol. The van der Waals surface area contributed by atoms with Crippen molar-refractivity contribution in [2.45, 2.75) is 47.0 Å². The summed E-state index contributed by atoms with van der Waals surface area (Å²) in [5, 5.41) is 10.7. The fraction of sp³-hybridized carbons (Fsp3) is 0.184. The molecule has 0 N–H and O–H groups in total. The Morgan fingerprint density at radius 3 is 1.12 bits per heavy atom. The molecule has 3 heteroatoms. The van der Waals surface area contributed by atoms with Gasteiger partial charge in [0.25, 0.3) is 0 Å². The second-order valence-electron chi connectivity index (χ2n) is 13.9. The first-order chi connectivity index (χ1) is 23.9. The van der Waals surface area contributed by atoms with Gasteiger partial charge in [0.2, 0.25) is 0 Å². The molecule has 0 nitrogen and oxygen atoms in total. The Balaban J connectivity index is 0.000000248. The maximum Gasteiger partial charge on any atom is 2.00 e. The molecule has 0 amide bonds. The Morgan fingerprint density at radius 1 is 0.442 bits per heavy atom. The third-order valence-corrected chi connectivity index (χ3v) is 9.07. The van der Waals surface area contributed by atoms with Gasteiger partial charge < -0.3 is 45.1 Å². The van der Waals surface area contributed by atoms with Crippen LogP contribution in [0.3, 0.4) is 0 Å². The van der Waals surface area contributed by atoms with Crippen molar-refractivity contribution in [3.63, 3.8) is 0 Å². The van der Waals surface area contributed by atoms with E-state index in [0.717, 1.165) is 19.3 Å². The zero-order chi connectivity index (χ0) is 34.3. The van der Waals surface area contributed by atoms with Crippen LogP contribution in [0.4, 0.5) is 0 Å². The first kappa shape index (κ1) is 42.8. The minimum absolute atomic E-state index is 0. The predicted molar refractivity (Wildman–Crippen MR) is 217 cm³/mol. The zero-order valence-corrected chi connectivity index (χ0v) is 33.9. The van der Waals surface area contributed by atoms with Crippen molar-refractivity contribution in [2.75, 3.05) is 0 Å². The van der Waals surface area contributed by atoms with E-state index >= 15 is 0 Å². The molecule has 0 saturated heterocycles. The van der Waals surface area contributed by atoms with E-state index in [0.29, 0.717) is 11.8 Å². The summed E-state index contributed by atoms with van der Waals surface area (Å²) in [6, 6.07) is 53.3. The predicted octanol–water partition coefficient (Wildman–Crippen LogP) is 8.20. The number of halogens is 2. The first-order valence-electron chi connectivity index (χ1n) is 17.8. The summed E-state index contributed by atoms with van der Waals surface area (Å²) in [7, 11) is 0. The van der Waals surface area contributed by atoms with Gasteiger partial charge in [-0.15, -0.1) is 69.1 Å². The molecule has 0 bridgehead atoms. The third-order valence-electron chi connectivity index (χ3n) is 9.07. The Hall–Kier alpha value is -3.65. The molecule has 8 aromatic rings. The maximum atomic E-state index is 3.38. The van der Waals surface area contributed by atoms with Crippen LogP contribution in [0.25, 0.3) is 65.3 Å². The summed E-state index contributed by atoms with van der Waals surface area (Å²) >= 11 is 0. The second-order valence-corrected chi connectivity index (χ2v) is 13.9. The van der Waals surface area contributed by atoms with Crippen LogP contribution in [0.2, 0.25) is 0 Å². The normalized spacial score (nSPS) is 10.6. The molecular formula is C49H48Cl2Ti-4. The van der Waals surface area contributed by atoms with Crippen LogP contribution in [-0.2, 0) is 34.6 Å². The quantitative estimate of drug-likeness (QED) is 0.119. The summed E-state index contributed by atoms with van der Waals surface area (Å²) in [4.78, 5) is 0. The van der Waals surface area contributed by atoms with Gasteiger partial charge >= 0.3 is 21.7 Å². The molecule has 0 heterocycles. The molecule has 0 aliphatic heterocycles. The van der Waals surface area contributed by atoms with Crippen LogP contribution >= 0.6 is 0 Å². The van der Waals surface area contributed by atoms with E-state index in [1.165, 1.54) is 76.5 Å². The Labute approximate surface area is 339 Å². The van der Waals surface area contributed by atoms with Gasteiger partial charge in [-0.05, 0) is 57.3 Å². The van der Waals surface area contributed by atoms with Gasteiger partial charge in [0.05, 0.1) is 0 Å². The number of fused-ring (bicyclic) bond motifs is 4. The van der Waals surface area contributed by atoms with Crippen LogP contribution in [0, 0.1) is 25.7 Å². The average molecular weight is 756 g/mol. The van der Waals surface area contributed by atoms with Gasteiger partial charge in [-0.3, -0.25) is 0 Å². The standard InChI is InChI=1S/2C23H21.C3H6.2ClH.Ti/c2*1-16(2)13-17-14-19-9-6-12-22(23(19)15-17)21-11-5-8-18-7-3-4-10-20(18)21;1-3-2;;;/h2*3-12,14-16H,13H2,1-2H3;1-3H2;2*1H;/q2*-1;-2;;;+2/p-2. The molecule has 0 spiro atoms. The molecule has 0 radical (unpaired) electrons. The Morgan fingerprint density at radius 2 is 0.750 bits per heavy atom. The molecule has 8 aromatic carbocycles. The molecule has 0 unspecified atom stereocenters. The van der Waals surface area contributed by atoms with E-state index in [1.54, 1.807) is 0 Å². The van der Waals surface area contributed by atoms with Crippen LogP contribution in [0.1, 0.15) is 45.2 Å². The number of benzene rings is 6. The van der Waals surface area contributed by atoms with E-state index in [-0.39, 0.29) is 46.5 Å². The summed E-state index contributed by atoms with van der Waals surface area (Å²) in [6.45, 7) is 15.9. The molecule has 8 rings (SSSR count). The maximum absolute atomic E-state index is 3.38. The summed E-state index contributed by atoms with van der Waals surface area (Å²) in [5.41, 5.74) is 8.24. The van der Waals surface area contributed by atoms with Crippen LogP contribution in [-0.4, -0.2) is 0 Å². The molecule has 266 valence electrons. The van der Waals surface area contributed by atoms with E-state index in [9.17, 15) is 0 Å². The SMILES string of the molecule is CC(C)Cc1cc2c(-c3cccc4ccccc34)cccc2[cH-]1.CC(C)Cc1cc2c(-c3cccc4ccccc34)cccc2[cH-]1.[CH2-]C[CH2-].[Cl-].[Cl-].[Ti+2]. The number of rotatable bonds is 6. The third kappa shape index (κ3) is 9.86. The Bertz CT molecular complexity index is 2130. The summed E-state index contributed by atoms with van der Waals surface area (Å²) in [5.74, 6) is 1.38. The molecule has 0 aromatic heterocycles. The molecule has 0 saturated carbocycles. The van der Waals surface area contributed by atoms with E-state index in [1.807, 2.05) is 0 Å². The van der Waals surface area contributed by atoms with Crippen LogP contribution in [0.5, 0.6) is 0 Å². The second kappa shape index (κ2) is 20.0. The molecule has 0 aliphatic carbocycles. The van der Waals surface area contributed by atoms with Gasteiger partial charge in [-0.25, -0.2) is 0 Å². The first-order valence-corrected chi connectivity index (χ1v) is 17.8. The van der Waals surface area contributed by atoms with Gasteiger partial charge in [0, 0.05) is 0 Å². The van der Waals surface area contributed by atoms with Gasteiger partial charge in [0.1, 0.15) is 0 Å². The van der Waals surface area contributed by atoms with E-state index in [2.05, 4.69) is 187 Å². The Kier molecular flexibility index (Phi) is 16.4. The van der Waals surface area contributed by atoms with Crippen LogP contribution < -0.4 is 24.8 Å². The largest absolute Gasteiger partial charge is 2.00 e. The van der Waals surface area contributed by atoms with Gasteiger partial charge in [0.15, 0.2) is 0 Å². The van der Waals surface area contributed by atoms with E-state index < -0.39 is 0 Å². The molecule has 52 heavy (non-hydrogen) atoms. The van der Waals surface area contributed by atoms with Crippen molar-refractivity contribution >= 4 is 43.1 Å². The monoisotopic (exact) mass is 754 g/mol.